The van der Waals surface area contributed by atoms with Crippen LogP contribution in [0.25, 0.3) is 11.1 Å². The molecule has 0 heterocycles. The van der Waals surface area contributed by atoms with Gasteiger partial charge in [-0.2, -0.15) is 0 Å². The lowest BCUT2D eigenvalue weighted by molar-refractivity contribution is -0.00170. The van der Waals surface area contributed by atoms with Crippen LogP contribution in [0.15, 0.2) is 48.5 Å². The maximum Gasteiger partial charge on any atom is 0.407 e. The summed E-state index contributed by atoms with van der Waals surface area (Å²) in [5, 5.41) is 2.74. The standard InChI is InChI=1S/C27H37NO6/c1-2-3-13-30-15-17-32-19-20-33-18-16-31-14-12-28-27(29)34-21-26-24-10-6-4-8-22(24)23-9-5-7-11-25(23)26/h4-11,26H,2-3,12-21H2,1H3,(H,28,29). The number of benzene rings is 2. The minimum Gasteiger partial charge on any atom is -0.449 e. The van der Waals surface area contributed by atoms with E-state index in [2.05, 4.69) is 36.5 Å². The molecule has 1 N–H and O–H groups in total. The van der Waals surface area contributed by atoms with Crippen LogP contribution in [0.1, 0.15) is 36.8 Å². The van der Waals surface area contributed by atoms with Crippen LogP contribution in [0.5, 0.6) is 0 Å². The Balaban J connectivity index is 1.18. The highest BCUT2D eigenvalue weighted by Crippen LogP contribution is 2.44. The largest absolute Gasteiger partial charge is 0.449 e. The Hall–Kier alpha value is -2.45. The Kier molecular flexibility index (Phi) is 11.9. The first-order chi connectivity index (χ1) is 16.8. The van der Waals surface area contributed by atoms with Crippen molar-refractivity contribution in [2.45, 2.75) is 25.7 Å². The van der Waals surface area contributed by atoms with Gasteiger partial charge in [-0.3, -0.25) is 0 Å². The molecule has 0 bridgehead atoms. The van der Waals surface area contributed by atoms with Gasteiger partial charge in [-0.15, -0.1) is 0 Å². The quantitative estimate of drug-likeness (QED) is 0.345. The molecular formula is C27H37NO6. The fourth-order valence-corrected chi connectivity index (χ4v) is 3.88. The molecule has 34 heavy (non-hydrogen) atoms. The van der Waals surface area contributed by atoms with E-state index in [0.717, 1.165) is 19.4 Å². The highest BCUT2D eigenvalue weighted by molar-refractivity contribution is 5.79. The van der Waals surface area contributed by atoms with E-state index in [1.807, 2.05) is 24.3 Å². The summed E-state index contributed by atoms with van der Waals surface area (Å²) in [5.41, 5.74) is 4.83. The number of hydrogen-bond acceptors (Lipinski definition) is 6. The molecule has 1 amide bonds. The number of hydrogen-bond donors (Lipinski definition) is 1. The summed E-state index contributed by atoms with van der Waals surface area (Å²) in [5.74, 6) is 0.0594. The number of rotatable bonds is 17. The molecule has 186 valence electrons. The molecule has 1 aliphatic rings. The molecule has 0 saturated carbocycles. The van der Waals surface area contributed by atoms with Crippen molar-refractivity contribution in [3.8, 4) is 11.1 Å². The number of unbranched alkanes of at least 4 members (excludes halogenated alkanes) is 1. The molecule has 0 aliphatic heterocycles. The molecule has 0 unspecified atom stereocenters. The maximum atomic E-state index is 12.1. The summed E-state index contributed by atoms with van der Waals surface area (Å²) in [6.07, 6.45) is 1.80. The number of fused-ring (bicyclic) bond motifs is 3. The van der Waals surface area contributed by atoms with Gasteiger partial charge >= 0.3 is 6.09 Å². The monoisotopic (exact) mass is 471 g/mol. The molecule has 0 atom stereocenters. The fraction of sp³-hybridized carbons (Fsp3) is 0.519. The SMILES string of the molecule is CCCCOCCOCCOCCOCCNC(=O)OCC1c2ccccc2-c2ccccc21. The highest BCUT2D eigenvalue weighted by atomic mass is 16.6. The molecule has 0 radical (unpaired) electrons. The number of alkyl carbamates (subject to hydrolysis) is 1. The molecule has 7 heteroatoms. The topological polar surface area (TPSA) is 75.3 Å². The molecule has 2 aromatic carbocycles. The summed E-state index contributed by atoms with van der Waals surface area (Å²) in [7, 11) is 0. The number of carbonyl (C=O) groups excluding carboxylic acids is 1. The molecule has 2 aromatic rings. The van der Waals surface area contributed by atoms with E-state index in [-0.39, 0.29) is 5.92 Å². The van der Waals surface area contributed by atoms with Crippen molar-refractivity contribution in [3.05, 3.63) is 59.7 Å². The van der Waals surface area contributed by atoms with Gasteiger partial charge in [0.25, 0.3) is 0 Å². The summed E-state index contributed by atoms with van der Waals surface area (Å²) in [6, 6.07) is 16.6. The van der Waals surface area contributed by atoms with Gasteiger partial charge in [0, 0.05) is 19.1 Å². The molecule has 3 rings (SSSR count). The predicted octanol–water partition coefficient (Wildman–Crippen LogP) is 4.39. The number of nitrogens with one attached hydrogen (secondary N) is 1. The summed E-state index contributed by atoms with van der Waals surface area (Å²) in [4.78, 5) is 12.1. The van der Waals surface area contributed by atoms with Crippen molar-refractivity contribution < 1.29 is 28.5 Å². The van der Waals surface area contributed by atoms with Crippen molar-refractivity contribution in [3.63, 3.8) is 0 Å². The first-order valence-electron chi connectivity index (χ1n) is 12.2. The third-order valence-electron chi connectivity index (χ3n) is 5.62. The van der Waals surface area contributed by atoms with Gasteiger partial charge in [-0.25, -0.2) is 4.79 Å². The lowest BCUT2D eigenvalue weighted by Gasteiger charge is -2.14. The van der Waals surface area contributed by atoms with Gasteiger partial charge < -0.3 is 29.0 Å². The van der Waals surface area contributed by atoms with Gasteiger partial charge in [0.15, 0.2) is 0 Å². The maximum absolute atomic E-state index is 12.1. The smallest absolute Gasteiger partial charge is 0.407 e. The van der Waals surface area contributed by atoms with E-state index in [9.17, 15) is 4.79 Å². The van der Waals surface area contributed by atoms with Crippen molar-refractivity contribution in [1.82, 2.24) is 5.32 Å². The molecule has 0 aromatic heterocycles. The van der Waals surface area contributed by atoms with Crippen LogP contribution in [0.3, 0.4) is 0 Å². The molecule has 1 aliphatic carbocycles. The van der Waals surface area contributed by atoms with Gasteiger partial charge in [-0.1, -0.05) is 61.9 Å². The van der Waals surface area contributed by atoms with E-state index in [1.54, 1.807) is 0 Å². The van der Waals surface area contributed by atoms with Crippen LogP contribution >= 0.6 is 0 Å². The van der Waals surface area contributed by atoms with Crippen molar-refractivity contribution >= 4 is 6.09 Å². The minimum absolute atomic E-state index is 0.0594. The second kappa shape index (κ2) is 15.5. The third-order valence-corrected chi connectivity index (χ3v) is 5.62. The predicted molar refractivity (Wildman–Crippen MR) is 131 cm³/mol. The average molecular weight is 472 g/mol. The van der Waals surface area contributed by atoms with Crippen molar-refractivity contribution in [2.24, 2.45) is 0 Å². The van der Waals surface area contributed by atoms with Crippen molar-refractivity contribution in [1.29, 1.82) is 0 Å². The Labute approximate surface area is 202 Å². The second-order valence-corrected chi connectivity index (χ2v) is 8.06. The second-order valence-electron chi connectivity index (χ2n) is 8.06. The van der Waals surface area contributed by atoms with Crippen LogP contribution in [0.4, 0.5) is 4.79 Å². The molecule has 7 nitrogen and oxygen atoms in total. The average Bonchev–Trinajstić information content (AvgIpc) is 3.19. The summed E-state index contributed by atoms with van der Waals surface area (Å²) in [6.45, 7) is 7.26. The van der Waals surface area contributed by atoms with E-state index in [4.69, 9.17) is 23.7 Å². The molecule has 0 saturated heterocycles. The normalized spacial score (nSPS) is 12.4. The van der Waals surface area contributed by atoms with E-state index < -0.39 is 6.09 Å². The van der Waals surface area contributed by atoms with E-state index in [1.165, 1.54) is 22.3 Å². The molecule has 0 spiro atoms. The first-order valence-corrected chi connectivity index (χ1v) is 12.2. The van der Waals surface area contributed by atoms with Crippen molar-refractivity contribution in [2.75, 3.05) is 66.0 Å². The Morgan fingerprint density at radius 3 is 1.79 bits per heavy atom. The third kappa shape index (κ3) is 8.40. The highest BCUT2D eigenvalue weighted by Gasteiger charge is 2.28. The van der Waals surface area contributed by atoms with Gasteiger partial charge in [0.2, 0.25) is 0 Å². The number of amides is 1. The molecule has 0 fully saturated rings. The minimum atomic E-state index is -0.433. The Morgan fingerprint density at radius 1 is 0.735 bits per heavy atom. The van der Waals surface area contributed by atoms with Crippen LogP contribution in [-0.4, -0.2) is 72.1 Å². The van der Waals surface area contributed by atoms with Crippen LogP contribution < -0.4 is 5.32 Å². The van der Waals surface area contributed by atoms with Gasteiger partial charge in [0.1, 0.15) is 6.61 Å². The van der Waals surface area contributed by atoms with E-state index in [0.29, 0.717) is 59.4 Å². The number of ether oxygens (including phenoxy) is 5. The zero-order valence-electron chi connectivity index (χ0n) is 20.1. The molecular weight excluding hydrogens is 434 g/mol. The van der Waals surface area contributed by atoms with Crippen LogP contribution in [-0.2, 0) is 23.7 Å². The lowest BCUT2D eigenvalue weighted by atomic mass is 9.98. The van der Waals surface area contributed by atoms with E-state index >= 15 is 0 Å². The summed E-state index contributed by atoms with van der Waals surface area (Å²) >= 11 is 0. The summed E-state index contributed by atoms with van der Waals surface area (Å²) < 4.78 is 27.3. The lowest BCUT2D eigenvalue weighted by Crippen LogP contribution is -2.29. The zero-order valence-corrected chi connectivity index (χ0v) is 20.1. The first kappa shape index (κ1) is 26.2. The van der Waals surface area contributed by atoms with Gasteiger partial charge in [0.05, 0.1) is 46.2 Å². The Bertz CT molecular complexity index is 813. The fourth-order valence-electron chi connectivity index (χ4n) is 3.88. The number of carbonyl (C=O) groups is 1. The zero-order chi connectivity index (χ0) is 23.8. The van der Waals surface area contributed by atoms with Gasteiger partial charge in [-0.05, 0) is 28.7 Å². The Morgan fingerprint density at radius 2 is 1.24 bits per heavy atom. The van der Waals surface area contributed by atoms with Crippen LogP contribution in [0.2, 0.25) is 0 Å². The van der Waals surface area contributed by atoms with Crippen LogP contribution in [0, 0.1) is 0 Å².